The zero-order chi connectivity index (χ0) is 23.2. The fraction of sp³-hybridized carbons (Fsp3) is 0.696. The van der Waals surface area contributed by atoms with E-state index in [4.69, 9.17) is 21.1 Å². The molecule has 8 nitrogen and oxygen atoms in total. The van der Waals surface area contributed by atoms with Crippen LogP contribution < -0.4 is 4.90 Å². The number of nitrogens with zero attached hydrogens (tertiary/aromatic N) is 5. The molecule has 2 atom stereocenters. The fourth-order valence-corrected chi connectivity index (χ4v) is 6.50. The van der Waals surface area contributed by atoms with E-state index in [2.05, 4.69) is 25.8 Å². The van der Waals surface area contributed by atoms with Gasteiger partial charge in [0, 0.05) is 50.2 Å². The second-order valence-corrected chi connectivity index (χ2v) is 11.6. The van der Waals surface area contributed by atoms with Crippen LogP contribution in [0.4, 0.5) is 10.6 Å². The van der Waals surface area contributed by atoms with E-state index in [0.29, 0.717) is 24.4 Å². The van der Waals surface area contributed by atoms with E-state index in [0.717, 1.165) is 68.1 Å². The van der Waals surface area contributed by atoms with E-state index < -0.39 is 5.60 Å². The van der Waals surface area contributed by atoms with Gasteiger partial charge in [0.2, 0.25) is 5.28 Å². The first-order valence-electron chi connectivity index (χ1n) is 11.8. The normalized spacial score (nSPS) is 24.4. The van der Waals surface area contributed by atoms with Crippen LogP contribution in [-0.2, 0) is 16.0 Å². The van der Waals surface area contributed by atoms with Gasteiger partial charge in [0.05, 0.1) is 23.4 Å². The number of aromatic nitrogens is 2. The van der Waals surface area contributed by atoms with Crippen LogP contribution in [0.2, 0.25) is 5.28 Å². The van der Waals surface area contributed by atoms with Gasteiger partial charge in [-0.25, -0.2) is 9.78 Å². The lowest BCUT2D eigenvalue weighted by Crippen LogP contribution is -2.48. The number of piperidine rings is 1. The Bertz CT molecular complexity index is 1020. The Labute approximate surface area is 203 Å². The maximum atomic E-state index is 12.6. The molecular weight excluding hydrogens is 462 g/mol. The number of anilines is 1. The largest absolute Gasteiger partial charge is 0.444 e. The van der Waals surface area contributed by atoms with Gasteiger partial charge in [0.25, 0.3) is 0 Å². The average molecular weight is 494 g/mol. The molecule has 5 heterocycles. The second-order valence-electron chi connectivity index (χ2n) is 10.2. The summed E-state index contributed by atoms with van der Waals surface area (Å²) in [6.07, 6.45) is 1.85. The van der Waals surface area contributed by atoms with Crippen LogP contribution in [0, 0.1) is 5.92 Å². The number of morpholine rings is 1. The zero-order valence-electron chi connectivity index (χ0n) is 19.6. The summed E-state index contributed by atoms with van der Waals surface area (Å²) in [5.41, 5.74) is 0.464. The minimum Gasteiger partial charge on any atom is -0.444 e. The van der Waals surface area contributed by atoms with Gasteiger partial charge in [0.1, 0.15) is 5.60 Å². The number of amides is 1. The Morgan fingerprint density at radius 2 is 2.00 bits per heavy atom. The summed E-state index contributed by atoms with van der Waals surface area (Å²) >= 11 is 8.02. The van der Waals surface area contributed by atoms with Crippen LogP contribution in [-0.4, -0.2) is 83.4 Å². The van der Waals surface area contributed by atoms with Crippen LogP contribution >= 0.6 is 22.9 Å². The molecule has 3 aliphatic rings. The summed E-state index contributed by atoms with van der Waals surface area (Å²) in [6, 6.07) is 2.45. The molecule has 3 fully saturated rings. The third kappa shape index (κ3) is 5.06. The van der Waals surface area contributed by atoms with E-state index in [1.807, 2.05) is 25.7 Å². The van der Waals surface area contributed by atoms with Gasteiger partial charge in [-0.15, -0.1) is 11.3 Å². The van der Waals surface area contributed by atoms with E-state index in [1.54, 1.807) is 11.3 Å². The van der Waals surface area contributed by atoms with E-state index in [-0.39, 0.29) is 12.1 Å². The molecular formula is C23H32ClN5O3S. The highest BCUT2D eigenvalue weighted by Crippen LogP contribution is 2.36. The molecule has 2 unspecified atom stereocenters. The predicted octanol–water partition coefficient (Wildman–Crippen LogP) is 4.01. The average Bonchev–Trinajstić information content (AvgIpc) is 3.36. The first-order valence-corrected chi connectivity index (χ1v) is 13.0. The Morgan fingerprint density at radius 3 is 2.76 bits per heavy atom. The fourth-order valence-electron chi connectivity index (χ4n) is 5.18. The highest BCUT2D eigenvalue weighted by Gasteiger charge is 2.42. The molecule has 0 bridgehead atoms. The molecule has 0 spiro atoms. The van der Waals surface area contributed by atoms with Gasteiger partial charge in [0.15, 0.2) is 5.82 Å². The number of fused-ring (bicyclic) bond motifs is 2. The van der Waals surface area contributed by atoms with Crippen LogP contribution in [0.3, 0.4) is 0 Å². The Morgan fingerprint density at radius 1 is 1.21 bits per heavy atom. The van der Waals surface area contributed by atoms with Crippen LogP contribution in [0.1, 0.15) is 38.5 Å². The van der Waals surface area contributed by atoms with Crippen molar-refractivity contribution in [3.63, 3.8) is 0 Å². The molecule has 10 heteroatoms. The summed E-state index contributed by atoms with van der Waals surface area (Å²) in [5.74, 6) is 1.42. The third-order valence-electron chi connectivity index (χ3n) is 6.61. The lowest BCUT2D eigenvalue weighted by Gasteiger charge is -2.38. The topological polar surface area (TPSA) is 71.0 Å². The number of carbonyl (C=O) groups is 1. The molecule has 0 aliphatic carbocycles. The molecule has 180 valence electrons. The van der Waals surface area contributed by atoms with Crippen molar-refractivity contribution in [1.82, 2.24) is 19.8 Å². The van der Waals surface area contributed by atoms with Gasteiger partial charge < -0.3 is 19.3 Å². The van der Waals surface area contributed by atoms with Crippen molar-refractivity contribution in [1.29, 1.82) is 0 Å². The zero-order valence-corrected chi connectivity index (χ0v) is 21.1. The molecule has 1 amide bonds. The van der Waals surface area contributed by atoms with Crippen molar-refractivity contribution >= 4 is 45.1 Å². The molecule has 2 aromatic heterocycles. The van der Waals surface area contributed by atoms with Crippen molar-refractivity contribution in [2.45, 2.75) is 51.8 Å². The number of thiophene rings is 1. The van der Waals surface area contributed by atoms with Crippen molar-refractivity contribution in [3.8, 4) is 0 Å². The lowest BCUT2D eigenvalue weighted by atomic mass is 9.93. The monoisotopic (exact) mass is 493 g/mol. The van der Waals surface area contributed by atoms with Crippen molar-refractivity contribution in [3.05, 3.63) is 16.2 Å². The van der Waals surface area contributed by atoms with Crippen LogP contribution in [0.25, 0.3) is 10.2 Å². The smallest absolute Gasteiger partial charge is 0.410 e. The number of likely N-dealkylation sites (tertiary alicyclic amines) is 2. The van der Waals surface area contributed by atoms with Crippen molar-refractivity contribution in [2.24, 2.45) is 5.92 Å². The van der Waals surface area contributed by atoms with Gasteiger partial charge in [-0.3, -0.25) is 4.90 Å². The van der Waals surface area contributed by atoms with Gasteiger partial charge in [-0.2, -0.15) is 4.98 Å². The molecule has 3 aliphatic heterocycles. The molecule has 0 saturated carbocycles. The number of hydrogen-bond acceptors (Lipinski definition) is 8. The number of hydrogen-bond donors (Lipinski definition) is 0. The maximum Gasteiger partial charge on any atom is 0.410 e. The highest BCUT2D eigenvalue weighted by atomic mass is 35.5. The number of ether oxygens (including phenoxy) is 2. The molecule has 2 aromatic rings. The molecule has 33 heavy (non-hydrogen) atoms. The van der Waals surface area contributed by atoms with Crippen LogP contribution in [0.5, 0.6) is 0 Å². The number of rotatable bonds is 3. The molecule has 5 rings (SSSR count). The Hall–Kier alpha value is -1.68. The molecule has 0 N–H and O–H groups in total. The predicted molar refractivity (Wildman–Crippen MR) is 130 cm³/mol. The summed E-state index contributed by atoms with van der Waals surface area (Å²) in [4.78, 5) is 29.7. The lowest BCUT2D eigenvalue weighted by molar-refractivity contribution is 0.0139. The summed E-state index contributed by atoms with van der Waals surface area (Å²) < 4.78 is 12.2. The van der Waals surface area contributed by atoms with Crippen molar-refractivity contribution < 1.29 is 14.3 Å². The first kappa shape index (κ1) is 23.1. The van der Waals surface area contributed by atoms with Gasteiger partial charge >= 0.3 is 6.09 Å². The molecule has 3 saturated heterocycles. The van der Waals surface area contributed by atoms with Crippen molar-refractivity contribution in [2.75, 3.05) is 50.8 Å². The number of halogens is 1. The van der Waals surface area contributed by atoms with E-state index in [9.17, 15) is 4.79 Å². The quantitative estimate of drug-likeness (QED) is 0.598. The summed E-state index contributed by atoms with van der Waals surface area (Å²) in [6.45, 7) is 12.5. The summed E-state index contributed by atoms with van der Waals surface area (Å²) in [5, 5.41) is 0.294. The van der Waals surface area contributed by atoms with Crippen LogP contribution in [0.15, 0.2) is 6.07 Å². The Kier molecular flexibility index (Phi) is 6.41. The Balaban J connectivity index is 1.26. The highest BCUT2D eigenvalue weighted by molar-refractivity contribution is 7.19. The first-order chi connectivity index (χ1) is 15.8. The van der Waals surface area contributed by atoms with Gasteiger partial charge in [-0.1, -0.05) is 0 Å². The van der Waals surface area contributed by atoms with Gasteiger partial charge in [-0.05, 0) is 57.2 Å². The minimum atomic E-state index is -0.455. The minimum absolute atomic E-state index is 0.168. The molecule has 0 aromatic carbocycles. The molecule has 0 radical (unpaired) electrons. The second kappa shape index (κ2) is 9.17. The SMILES string of the molecule is CC(C)(C)OC(=O)N1CCC2CN(Cc3cc4nc(Cl)nc(N5CCOCC5)c4s3)CCC21. The standard InChI is InChI=1S/C23H32ClN5O3S/c1-23(2,3)32-22(30)29-7-4-15-13-27(6-5-18(15)29)14-16-12-17-19(33-16)20(26-21(24)25-17)28-8-10-31-11-9-28/h12,15,18H,4-11,13-14H2,1-3H3. The maximum absolute atomic E-state index is 12.6. The number of carbonyl (C=O) groups excluding carboxylic acids is 1. The third-order valence-corrected chi connectivity index (χ3v) is 7.89. The summed E-state index contributed by atoms with van der Waals surface area (Å²) in [7, 11) is 0. The van der Waals surface area contributed by atoms with E-state index >= 15 is 0 Å². The van der Waals surface area contributed by atoms with E-state index in [1.165, 1.54) is 4.88 Å².